The number of aliphatic hydroxyl groups is 1. The second-order valence-electron chi connectivity index (χ2n) is 16.5. The van der Waals surface area contributed by atoms with Crippen molar-refractivity contribution >= 4 is 28.4 Å². The number of pyridine rings is 1. The Bertz CT molecular complexity index is 2620. The Hall–Kier alpha value is -6.53. The number of benzene rings is 5. The lowest BCUT2D eigenvalue weighted by Gasteiger charge is -2.32. The number of amides is 1. The predicted octanol–water partition coefficient (Wildman–Crippen LogP) is 7.58. The maximum atomic E-state index is 14.0. The molecule has 0 bridgehead atoms. The molecule has 1 fully saturated rings. The molecule has 3 heterocycles. The van der Waals surface area contributed by atoms with Crippen LogP contribution in [0.15, 0.2) is 138 Å². The van der Waals surface area contributed by atoms with E-state index in [4.69, 9.17) is 9.47 Å². The maximum Gasteiger partial charge on any atom is 0.317 e. The van der Waals surface area contributed by atoms with E-state index in [1.807, 2.05) is 65.6 Å². The molecule has 1 amide bonds. The van der Waals surface area contributed by atoms with Gasteiger partial charge in [-0.25, -0.2) is 0 Å². The number of phenols is 1. The first kappa shape index (κ1) is 43.1. The second kappa shape index (κ2) is 20.1. The zero-order chi connectivity index (χ0) is 43.7. The lowest BCUT2D eigenvalue weighted by atomic mass is 9.88. The van der Waals surface area contributed by atoms with E-state index in [1.165, 1.54) is 17.7 Å². The van der Waals surface area contributed by atoms with Crippen molar-refractivity contribution in [1.82, 2.24) is 20.1 Å². The van der Waals surface area contributed by atoms with E-state index in [0.717, 1.165) is 60.3 Å². The summed E-state index contributed by atoms with van der Waals surface area (Å²) in [6.45, 7) is 4.82. The van der Waals surface area contributed by atoms with Gasteiger partial charge < -0.3 is 34.9 Å². The highest BCUT2D eigenvalue weighted by atomic mass is 16.5. The molecule has 0 saturated carbocycles. The Morgan fingerprint density at radius 1 is 0.857 bits per heavy atom. The van der Waals surface area contributed by atoms with Crippen LogP contribution < -0.4 is 15.6 Å². The molecule has 0 aliphatic carbocycles. The third kappa shape index (κ3) is 10.4. The zero-order valence-electron chi connectivity index (χ0n) is 35.5. The van der Waals surface area contributed by atoms with Crippen LogP contribution in [0.2, 0.25) is 0 Å². The number of methoxy groups -OCH3 is 1. The third-order valence-corrected chi connectivity index (χ3v) is 12.3. The smallest absolute Gasteiger partial charge is 0.317 e. The zero-order valence-corrected chi connectivity index (χ0v) is 35.5. The Balaban J connectivity index is 0.891. The largest absolute Gasteiger partial charge is 0.506 e. The minimum absolute atomic E-state index is 0.0693. The molecule has 4 N–H and O–H groups in total. The molecule has 2 atom stereocenters. The molecule has 63 heavy (non-hydrogen) atoms. The van der Waals surface area contributed by atoms with Crippen molar-refractivity contribution in [3.05, 3.63) is 183 Å². The van der Waals surface area contributed by atoms with Gasteiger partial charge >= 0.3 is 5.97 Å². The average molecular weight is 847 g/mol. The molecule has 11 nitrogen and oxygen atoms in total. The number of rotatable bonds is 15. The number of ether oxygens (including phenoxy) is 2. The number of likely N-dealkylation sites (tertiary alicyclic amines) is 1. The minimum atomic E-state index is -0.921. The van der Waals surface area contributed by atoms with Gasteiger partial charge in [0.05, 0.1) is 25.3 Å². The van der Waals surface area contributed by atoms with E-state index < -0.39 is 12.0 Å². The van der Waals surface area contributed by atoms with Gasteiger partial charge in [0.1, 0.15) is 17.4 Å². The van der Waals surface area contributed by atoms with Crippen LogP contribution in [0, 0.1) is 5.92 Å². The number of H-pyrrole nitrogens is 1. The Labute approximate surface area is 367 Å². The van der Waals surface area contributed by atoms with Gasteiger partial charge in [0.2, 0.25) is 5.56 Å². The van der Waals surface area contributed by atoms with Gasteiger partial charge in [-0.15, -0.1) is 0 Å². The summed E-state index contributed by atoms with van der Waals surface area (Å²) in [6.07, 6.45) is 3.92. The van der Waals surface area contributed by atoms with Crippen molar-refractivity contribution in [2.45, 2.75) is 44.4 Å². The number of phenolic OH excluding ortho intramolecular Hbond substituents is 1. The SMILES string of the molecule is COc1cc(C(=O)N2CCC=C(c3cccc(C(C(=O)OCC4CCN(Cc5ccccc5)CC4)c4ccccc4)c3)C2)ccc1CNCC(O)c1ccc(O)c2[nH]c(=O)ccc12. The number of fused-ring (bicyclic) bond motifs is 1. The first-order chi connectivity index (χ1) is 30.7. The topological polar surface area (TPSA) is 144 Å². The average Bonchev–Trinajstić information content (AvgIpc) is 3.32. The molecule has 324 valence electrons. The number of nitrogens with one attached hydrogen (secondary N) is 2. The molecule has 0 radical (unpaired) electrons. The number of aliphatic hydroxyl groups excluding tert-OH is 1. The molecule has 2 aliphatic rings. The molecule has 1 saturated heterocycles. The molecule has 0 spiro atoms. The molecule has 2 unspecified atom stereocenters. The fraction of sp³-hybridized carbons (Fsp3) is 0.288. The number of hydrogen-bond donors (Lipinski definition) is 4. The van der Waals surface area contributed by atoms with Gasteiger partial charge in [-0.05, 0) is 95.9 Å². The van der Waals surface area contributed by atoms with Gasteiger partial charge in [-0.1, -0.05) is 103 Å². The molecule has 5 aromatic carbocycles. The maximum absolute atomic E-state index is 14.0. The van der Waals surface area contributed by atoms with Crippen LogP contribution in [0.3, 0.4) is 0 Å². The molecular weight excluding hydrogens is 793 g/mol. The summed E-state index contributed by atoms with van der Waals surface area (Å²) in [6, 6.07) is 39.8. The van der Waals surface area contributed by atoms with E-state index in [2.05, 4.69) is 51.6 Å². The van der Waals surface area contributed by atoms with Gasteiger partial charge in [0.25, 0.3) is 5.91 Å². The summed E-state index contributed by atoms with van der Waals surface area (Å²) >= 11 is 0. The van der Waals surface area contributed by atoms with Crippen molar-refractivity contribution in [2.24, 2.45) is 5.92 Å². The van der Waals surface area contributed by atoms with Gasteiger partial charge in [0.15, 0.2) is 0 Å². The summed E-state index contributed by atoms with van der Waals surface area (Å²) < 4.78 is 11.8. The van der Waals surface area contributed by atoms with Crippen molar-refractivity contribution in [1.29, 1.82) is 0 Å². The number of hydrogen-bond acceptors (Lipinski definition) is 9. The van der Waals surface area contributed by atoms with Crippen LogP contribution in [-0.4, -0.2) is 83.3 Å². The van der Waals surface area contributed by atoms with E-state index in [1.54, 1.807) is 31.4 Å². The van der Waals surface area contributed by atoms with Crippen molar-refractivity contribution in [2.75, 3.05) is 46.4 Å². The van der Waals surface area contributed by atoms with Crippen molar-refractivity contribution in [3.63, 3.8) is 0 Å². The summed E-state index contributed by atoms with van der Waals surface area (Å²) in [5, 5.41) is 25.1. The molecule has 2 aliphatic heterocycles. The number of aromatic nitrogens is 1. The quantitative estimate of drug-likeness (QED) is 0.0770. The molecule has 6 aromatic rings. The predicted molar refractivity (Wildman–Crippen MR) is 245 cm³/mol. The first-order valence-corrected chi connectivity index (χ1v) is 21.7. The molecular formula is C52H54N4O7. The number of carbonyl (C=O) groups is 2. The number of carbonyl (C=O) groups excluding carboxylic acids is 2. The standard InChI is InChI=1S/C52H54N4O7/c1-62-47-29-40(17-18-41(47)30-53-31-46(58)43-19-21-45(57)50-44(43)20-22-48(59)54-50)51(60)56-25-9-16-42(33-56)38-14-8-15-39(28-38)49(37-12-6-3-7-13-37)52(61)63-34-36-23-26-55(27-24-36)32-35-10-4-2-5-11-35/h2-8,10-22,28-29,36,46,49,53,57-58H,9,23-27,30-34H2,1H3,(H,54,59). The Kier molecular flexibility index (Phi) is 13.8. The van der Waals surface area contributed by atoms with Crippen LogP contribution in [0.5, 0.6) is 11.5 Å². The highest BCUT2D eigenvalue weighted by Gasteiger charge is 2.28. The van der Waals surface area contributed by atoms with Crippen LogP contribution >= 0.6 is 0 Å². The van der Waals surface area contributed by atoms with E-state index in [-0.39, 0.29) is 35.2 Å². The van der Waals surface area contributed by atoms with Gasteiger partial charge in [-0.3, -0.25) is 19.3 Å². The fourth-order valence-electron chi connectivity index (χ4n) is 8.80. The van der Waals surface area contributed by atoms with E-state index >= 15 is 0 Å². The highest BCUT2D eigenvalue weighted by molar-refractivity contribution is 5.96. The van der Waals surface area contributed by atoms with E-state index in [0.29, 0.717) is 60.8 Å². The normalized spacial score (nSPS) is 15.7. The Morgan fingerprint density at radius 2 is 1.62 bits per heavy atom. The van der Waals surface area contributed by atoms with Crippen molar-refractivity contribution < 1.29 is 29.3 Å². The van der Waals surface area contributed by atoms with Crippen molar-refractivity contribution in [3.8, 4) is 11.5 Å². The molecule has 11 heteroatoms. The number of aromatic hydroxyl groups is 1. The van der Waals surface area contributed by atoms with Crippen LogP contribution in [0.4, 0.5) is 0 Å². The highest BCUT2D eigenvalue weighted by Crippen LogP contribution is 2.32. The monoisotopic (exact) mass is 846 g/mol. The minimum Gasteiger partial charge on any atom is -0.506 e. The summed E-state index contributed by atoms with van der Waals surface area (Å²) in [5.41, 5.74) is 6.82. The van der Waals surface area contributed by atoms with Crippen LogP contribution in [0.25, 0.3) is 16.5 Å². The van der Waals surface area contributed by atoms with Crippen LogP contribution in [-0.2, 0) is 22.6 Å². The summed E-state index contributed by atoms with van der Waals surface area (Å²) in [7, 11) is 1.56. The lowest BCUT2D eigenvalue weighted by Crippen LogP contribution is -2.35. The lowest BCUT2D eigenvalue weighted by molar-refractivity contribution is -0.146. The number of piperidine rings is 1. The first-order valence-electron chi connectivity index (χ1n) is 21.7. The number of aromatic amines is 1. The summed E-state index contributed by atoms with van der Waals surface area (Å²) in [4.78, 5) is 46.8. The molecule has 1 aromatic heterocycles. The third-order valence-electron chi connectivity index (χ3n) is 12.3. The van der Waals surface area contributed by atoms with Crippen LogP contribution in [0.1, 0.15) is 75.0 Å². The van der Waals surface area contributed by atoms with Gasteiger partial charge in [0, 0.05) is 55.3 Å². The fourth-order valence-corrected chi connectivity index (χ4v) is 8.80. The molecule has 8 rings (SSSR count). The van der Waals surface area contributed by atoms with E-state index in [9.17, 15) is 24.6 Å². The number of esters is 1. The number of nitrogens with zero attached hydrogens (tertiary/aromatic N) is 2. The second-order valence-corrected chi connectivity index (χ2v) is 16.5. The van der Waals surface area contributed by atoms with Gasteiger partial charge in [-0.2, -0.15) is 0 Å². The Morgan fingerprint density at radius 3 is 2.40 bits per heavy atom. The summed E-state index contributed by atoms with van der Waals surface area (Å²) in [5.74, 6) is -0.161.